The second-order valence-corrected chi connectivity index (χ2v) is 6.13. The van der Waals surface area contributed by atoms with E-state index < -0.39 is 0 Å². The number of benzene rings is 2. The molecule has 6 heteroatoms. The molecule has 0 fully saturated rings. The van der Waals surface area contributed by atoms with Crippen molar-refractivity contribution in [2.45, 2.75) is 6.42 Å². The van der Waals surface area contributed by atoms with Gasteiger partial charge in [0.2, 0.25) is 0 Å². The number of hydrogen-bond donors (Lipinski definition) is 2. The molecule has 1 amide bonds. The molecule has 0 aliphatic carbocycles. The third kappa shape index (κ3) is 5.04. The number of amides is 1. The summed E-state index contributed by atoms with van der Waals surface area (Å²) in [6.45, 7) is 0.698. The summed E-state index contributed by atoms with van der Waals surface area (Å²) >= 11 is 5.81. The fraction of sp³-hybridized carbons (Fsp3) is 0.100. The molecular weight excluding hydrogens is 353 g/mol. The fourth-order valence-electron chi connectivity index (χ4n) is 2.36. The van der Waals surface area contributed by atoms with E-state index in [0.29, 0.717) is 22.9 Å². The van der Waals surface area contributed by atoms with Gasteiger partial charge >= 0.3 is 0 Å². The maximum absolute atomic E-state index is 12.9. The summed E-state index contributed by atoms with van der Waals surface area (Å²) in [5.41, 5.74) is 2.41. The normalized spacial score (nSPS) is 10.4. The van der Waals surface area contributed by atoms with E-state index in [4.69, 9.17) is 11.6 Å². The highest BCUT2D eigenvalue weighted by molar-refractivity contribution is 6.30. The summed E-state index contributed by atoms with van der Waals surface area (Å²) < 4.78 is 12.9. The van der Waals surface area contributed by atoms with Crippen LogP contribution >= 0.6 is 11.6 Å². The third-order valence-electron chi connectivity index (χ3n) is 3.77. The molecule has 132 valence electrons. The van der Waals surface area contributed by atoms with Gasteiger partial charge in [-0.25, -0.2) is 9.37 Å². The molecule has 0 saturated heterocycles. The third-order valence-corrected chi connectivity index (χ3v) is 4.02. The predicted octanol–water partition coefficient (Wildman–Crippen LogP) is 4.78. The highest BCUT2D eigenvalue weighted by Crippen LogP contribution is 2.13. The van der Waals surface area contributed by atoms with Crippen molar-refractivity contribution in [3.8, 4) is 0 Å². The molecule has 0 unspecified atom stereocenters. The number of rotatable bonds is 6. The second kappa shape index (κ2) is 8.45. The average Bonchev–Trinajstić information content (AvgIpc) is 2.65. The topological polar surface area (TPSA) is 54.0 Å². The molecule has 0 aliphatic heterocycles. The molecule has 2 N–H and O–H groups in total. The lowest BCUT2D eigenvalue weighted by molar-refractivity contribution is 0.102. The van der Waals surface area contributed by atoms with Crippen molar-refractivity contribution in [1.82, 2.24) is 4.98 Å². The molecule has 4 nitrogen and oxygen atoms in total. The molecule has 2 aromatic carbocycles. The van der Waals surface area contributed by atoms with Gasteiger partial charge in [-0.2, -0.15) is 0 Å². The Labute approximate surface area is 156 Å². The fourth-order valence-corrected chi connectivity index (χ4v) is 2.49. The maximum Gasteiger partial charge on any atom is 0.256 e. The summed E-state index contributed by atoms with van der Waals surface area (Å²) in [4.78, 5) is 16.4. The first-order chi connectivity index (χ1) is 12.6. The number of hydrogen-bond acceptors (Lipinski definition) is 3. The van der Waals surface area contributed by atoms with Crippen molar-refractivity contribution in [2.24, 2.45) is 0 Å². The monoisotopic (exact) mass is 369 g/mol. The van der Waals surface area contributed by atoms with E-state index in [-0.39, 0.29) is 11.7 Å². The zero-order chi connectivity index (χ0) is 18.4. The van der Waals surface area contributed by atoms with Gasteiger partial charge in [0, 0.05) is 17.1 Å². The van der Waals surface area contributed by atoms with Crippen LogP contribution in [-0.4, -0.2) is 17.4 Å². The van der Waals surface area contributed by atoms with Crippen LogP contribution in [-0.2, 0) is 6.42 Å². The summed E-state index contributed by atoms with van der Waals surface area (Å²) in [7, 11) is 0. The Hall–Kier alpha value is -2.92. The van der Waals surface area contributed by atoms with Gasteiger partial charge in [0.05, 0.1) is 11.9 Å². The van der Waals surface area contributed by atoms with Crippen LogP contribution in [0.3, 0.4) is 0 Å². The minimum absolute atomic E-state index is 0.234. The number of pyridine rings is 1. The predicted molar refractivity (Wildman–Crippen MR) is 102 cm³/mol. The highest BCUT2D eigenvalue weighted by Gasteiger charge is 2.06. The molecular formula is C20H17ClFN3O. The van der Waals surface area contributed by atoms with Crippen LogP contribution in [0.1, 0.15) is 15.9 Å². The van der Waals surface area contributed by atoms with Crippen LogP contribution in [0.15, 0.2) is 66.9 Å². The number of halogens is 2. The minimum Gasteiger partial charge on any atom is -0.383 e. The minimum atomic E-state index is -0.244. The molecule has 3 aromatic rings. The molecule has 1 heterocycles. The molecule has 0 atom stereocenters. The van der Waals surface area contributed by atoms with Crippen molar-refractivity contribution >= 4 is 29.0 Å². The summed E-state index contributed by atoms with van der Waals surface area (Å²) in [6.07, 6.45) is 2.43. The van der Waals surface area contributed by atoms with Gasteiger partial charge in [-0.1, -0.05) is 23.7 Å². The Balaban J connectivity index is 1.50. The van der Waals surface area contributed by atoms with E-state index >= 15 is 0 Å². The first kappa shape index (κ1) is 17.9. The second-order valence-electron chi connectivity index (χ2n) is 5.70. The maximum atomic E-state index is 12.9. The van der Waals surface area contributed by atoms with E-state index in [1.54, 1.807) is 48.7 Å². The van der Waals surface area contributed by atoms with Crippen LogP contribution in [0.4, 0.5) is 15.9 Å². The van der Waals surface area contributed by atoms with Crippen LogP contribution in [0.25, 0.3) is 0 Å². The van der Waals surface area contributed by atoms with Crippen LogP contribution in [0.2, 0.25) is 5.02 Å². The van der Waals surface area contributed by atoms with Crippen LogP contribution in [0, 0.1) is 5.82 Å². The van der Waals surface area contributed by atoms with Gasteiger partial charge in [-0.3, -0.25) is 4.79 Å². The van der Waals surface area contributed by atoms with E-state index in [1.165, 1.54) is 12.1 Å². The van der Waals surface area contributed by atoms with Crippen molar-refractivity contribution < 1.29 is 9.18 Å². The Bertz CT molecular complexity index is 865. The standard InChI is InChI=1S/C20H17ClFN3O/c21-16-5-3-15(4-6-16)20(26)25-19-10-9-18(13-24-19)23-12-11-14-1-7-17(22)8-2-14/h1-10,13,23H,11-12H2,(H,24,25,26). The number of carbonyl (C=O) groups excluding carboxylic acids is 1. The van der Waals surface area contributed by atoms with Crippen LogP contribution in [0.5, 0.6) is 0 Å². The molecule has 0 bridgehead atoms. The van der Waals surface area contributed by atoms with Crippen molar-refractivity contribution in [2.75, 3.05) is 17.2 Å². The number of aromatic nitrogens is 1. The lowest BCUT2D eigenvalue weighted by atomic mass is 10.1. The zero-order valence-electron chi connectivity index (χ0n) is 13.9. The molecule has 26 heavy (non-hydrogen) atoms. The number of anilines is 2. The highest BCUT2D eigenvalue weighted by atomic mass is 35.5. The lowest BCUT2D eigenvalue weighted by Gasteiger charge is -2.08. The largest absolute Gasteiger partial charge is 0.383 e. The summed E-state index contributed by atoms with van der Waals surface area (Å²) in [6, 6.07) is 16.7. The molecule has 3 rings (SSSR count). The summed E-state index contributed by atoms with van der Waals surface area (Å²) in [5, 5.41) is 6.56. The van der Waals surface area contributed by atoms with Gasteiger partial charge in [0.1, 0.15) is 11.6 Å². The molecule has 1 aromatic heterocycles. The summed E-state index contributed by atoms with van der Waals surface area (Å²) in [5.74, 6) is -0.0117. The average molecular weight is 370 g/mol. The van der Waals surface area contributed by atoms with E-state index in [2.05, 4.69) is 15.6 Å². The van der Waals surface area contributed by atoms with Gasteiger partial charge < -0.3 is 10.6 Å². The molecule has 0 aliphatic rings. The first-order valence-corrected chi connectivity index (χ1v) is 8.49. The van der Waals surface area contributed by atoms with Crippen molar-refractivity contribution in [3.63, 3.8) is 0 Å². The van der Waals surface area contributed by atoms with E-state index in [0.717, 1.165) is 17.7 Å². The van der Waals surface area contributed by atoms with Gasteiger partial charge in [0.15, 0.2) is 0 Å². The SMILES string of the molecule is O=C(Nc1ccc(NCCc2ccc(F)cc2)cn1)c1ccc(Cl)cc1. The van der Waals surface area contributed by atoms with E-state index in [1.807, 2.05) is 6.07 Å². The van der Waals surface area contributed by atoms with Crippen LogP contribution < -0.4 is 10.6 Å². The van der Waals surface area contributed by atoms with Crippen molar-refractivity contribution in [1.29, 1.82) is 0 Å². The molecule has 0 saturated carbocycles. The quantitative estimate of drug-likeness (QED) is 0.657. The smallest absolute Gasteiger partial charge is 0.256 e. The lowest BCUT2D eigenvalue weighted by Crippen LogP contribution is -2.13. The van der Waals surface area contributed by atoms with Gasteiger partial charge in [-0.15, -0.1) is 0 Å². The molecule has 0 spiro atoms. The number of nitrogens with one attached hydrogen (secondary N) is 2. The van der Waals surface area contributed by atoms with E-state index in [9.17, 15) is 9.18 Å². The van der Waals surface area contributed by atoms with Gasteiger partial charge in [0.25, 0.3) is 5.91 Å². The Morgan fingerprint density at radius 2 is 1.73 bits per heavy atom. The Morgan fingerprint density at radius 1 is 1.00 bits per heavy atom. The molecule has 0 radical (unpaired) electrons. The van der Waals surface area contributed by atoms with Gasteiger partial charge in [-0.05, 0) is 60.5 Å². The number of carbonyl (C=O) groups is 1. The number of nitrogens with zero attached hydrogens (tertiary/aromatic N) is 1. The Morgan fingerprint density at radius 3 is 2.38 bits per heavy atom. The first-order valence-electron chi connectivity index (χ1n) is 8.11. The Kier molecular flexibility index (Phi) is 5.81. The zero-order valence-corrected chi connectivity index (χ0v) is 14.6. The van der Waals surface area contributed by atoms with Crippen molar-refractivity contribution in [3.05, 3.63) is 88.8 Å².